The summed E-state index contributed by atoms with van der Waals surface area (Å²) in [6.45, 7) is 5.30. The van der Waals surface area contributed by atoms with Gasteiger partial charge in [0.25, 0.3) is 5.91 Å². The predicted octanol–water partition coefficient (Wildman–Crippen LogP) is 1.72. The molecule has 5 nitrogen and oxygen atoms in total. The number of nitrogens with zero attached hydrogens (tertiary/aromatic N) is 1. The molecule has 5 heteroatoms. The van der Waals surface area contributed by atoms with Crippen molar-refractivity contribution in [3.05, 3.63) is 24.0 Å². The average Bonchev–Trinajstić information content (AvgIpc) is 2.33. The van der Waals surface area contributed by atoms with E-state index in [9.17, 15) is 9.90 Å². The number of pyridine rings is 1. The van der Waals surface area contributed by atoms with Gasteiger partial charge in [0.1, 0.15) is 5.75 Å². The van der Waals surface area contributed by atoms with Gasteiger partial charge in [0, 0.05) is 19.3 Å². The van der Waals surface area contributed by atoms with E-state index in [1.54, 1.807) is 0 Å². The smallest absolute Gasteiger partial charge is 0.252 e. The van der Waals surface area contributed by atoms with E-state index in [0.29, 0.717) is 18.7 Å². The van der Waals surface area contributed by atoms with Crippen LogP contribution in [0.1, 0.15) is 37.0 Å². The van der Waals surface area contributed by atoms with Crippen LogP contribution in [0.2, 0.25) is 0 Å². The van der Waals surface area contributed by atoms with Gasteiger partial charge in [0.15, 0.2) is 0 Å². The summed E-state index contributed by atoms with van der Waals surface area (Å²) < 4.78 is 5.39. The highest BCUT2D eigenvalue weighted by molar-refractivity contribution is 5.94. The number of hydrogen-bond acceptors (Lipinski definition) is 4. The summed E-state index contributed by atoms with van der Waals surface area (Å²) in [5.74, 6) is -0.226. The number of carbonyl (C=O) groups is 1. The molecule has 1 aromatic rings. The minimum Gasteiger partial charge on any atom is -0.506 e. The van der Waals surface area contributed by atoms with Crippen molar-refractivity contribution in [1.29, 1.82) is 0 Å². The summed E-state index contributed by atoms with van der Waals surface area (Å²) in [5.41, 5.74) is 0.369. The van der Waals surface area contributed by atoms with Crippen molar-refractivity contribution in [3.8, 4) is 5.75 Å². The Kier molecular flexibility index (Phi) is 6.14. The Bertz CT molecular complexity index is 380. The second-order valence-electron chi connectivity index (χ2n) is 4.31. The Morgan fingerprint density at radius 1 is 1.44 bits per heavy atom. The van der Waals surface area contributed by atoms with Crippen LogP contribution in [0.4, 0.5) is 0 Å². The van der Waals surface area contributed by atoms with Crippen LogP contribution in [0, 0.1) is 0 Å². The third kappa shape index (κ3) is 5.63. The Morgan fingerprint density at radius 3 is 2.89 bits per heavy atom. The first-order valence-corrected chi connectivity index (χ1v) is 6.13. The summed E-state index contributed by atoms with van der Waals surface area (Å²) in [4.78, 5) is 15.4. The molecule has 0 aromatic carbocycles. The molecule has 0 atom stereocenters. The van der Waals surface area contributed by atoms with Gasteiger partial charge in [0.05, 0.1) is 17.9 Å². The Balaban J connectivity index is 2.18. The molecule has 1 aromatic heterocycles. The van der Waals surface area contributed by atoms with Gasteiger partial charge in [-0.05, 0) is 32.8 Å². The van der Waals surface area contributed by atoms with Crippen molar-refractivity contribution in [2.45, 2.75) is 32.8 Å². The van der Waals surface area contributed by atoms with E-state index < -0.39 is 0 Å². The maximum Gasteiger partial charge on any atom is 0.252 e. The number of amides is 1. The van der Waals surface area contributed by atoms with Gasteiger partial charge in [-0.1, -0.05) is 0 Å². The molecule has 1 rings (SSSR count). The zero-order valence-corrected chi connectivity index (χ0v) is 10.8. The first-order chi connectivity index (χ1) is 8.59. The number of unbranched alkanes of at least 4 members (excludes halogenated alkanes) is 1. The van der Waals surface area contributed by atoms with Gasteiger partial charge >= 0.3 is 0 Å². The third-order valence-electron chi connectivity index (χ3n) is 2.29. The maximum absolute atomic E-state index is 11.6. The quantitative estimate of drug-likeness (QED) is 0.725. The van der Waals surface area contributed by atoms with Gasteiger partial charge in [-0.3, -0.25) is 9.78 Å². The van der Waals surface area contributed by atoms with Crippen LogP contribution >= 0.6 is 0 Å². The molecule has 0 saturated carbocycles. The summed E-state index contributed by atoms with van der Waals surface area (Å²) in [7, 11) is 0. The fourth-order valence-electron chi connectivity index (χ4n) is 1.40. The monoisotopic (exact) mass is 252 g/mol. The fourth-order valence-corrected chi connectivity index (χ4v) is 1.40. The molecule has 0 fully saturated rings. The minimum absolute atomic E-state index is 0.00650. The van der Waals surface area contributed by atoms with Crippen LogP contribution in [0.3, 0.4) is 0 Å². The van der Waals surface area contributed by atoms with Crippen LogP contribution in [-0.4, -0.2) is 35.3 Å². The van der Waals surface area contributed by atoms with Crippen LogP contribution in [0.5, 0.6) is 5.75 Å². The lowest BCUT2D eigenvalue weighted by molar-refractivity contribution is 0.0754. The summed E-state index contributed by atoms with van der Waals surface area (Å²) in [6.07, 6.45) is 4.75. The molecule has 1 heterocycles. The lowest BCUT2D eigenvalue weighted by Crippen LogP contribution is -2.24. The molecular formula is C13H20N2O3. The molecule has 18 heavy (non-hydrogen) atoms. The van der Waals surface area contributed by atoms with E-state index in [4.69, 9.17) is 4.74 Å². The van der Waals surface area contributed by atoms with Crippen molar-refractivity contribution in [1.82, 2.24) is 10.3 Å². The second-order valence-corrected chi connectivity index (χ2v) is 4.31. The topological polar surface area (TPSA) is 71.5 Å². The van der Waals surface area contributed by atoms with Crippen LogP contribution in [0.15, 0.2) is 18.5 Å². The lowest BCUT2D eigenvalue weighted by atomic mass is 10.2. The van der Waals surface area contributed by atoms with Crippen LogP contribution < -0.4 is 5.32 Å². The highest BCUT2D eigenvalue weighted by atomic mass is 16.5. The van der Waals surface area contributed by atoms with Crippen molar-refractivity contribution in [2.24, 2.45) is 0 Å². The average molecular weight is 252 g/mol. The maximum atomic E-state index is 11.6. The molecule has 0 unspecified atom stereocenters. The molecule has 0 aliphatic rings. The number of ether oxygens (including phenoxy) is 1. The standard InChI is InChI=1S/C13H20N2O3/c1-10(2)18-6-4-3-5-15-13(17)11-7-12(16)9-14-8-11/h7-10,16H,3-6H2,1-2H3,(H,15,17). The first kappa shape index (κ1) is 14.4. The third-order valence-corrected chi connectivity index (χ3v) is 2.29. The second kappa shape index (κ2) is 7.66. The molecule has 0 aliphatic heterocycles. The molecular weight excluding hydrogens is 232 g/mol. The Morgan fingerprint density at radius 2 is 2.22 bits per heavy atom. The predicted molar refractivity (Wildman–Crippen MR) is 68.6 cm³/mol. The van der Waals surface area contributed by atoms with Gasteiger partial charge < -0.3 is 15.2 Å². The van der Waals surface area contributed by atoms with Gasteiger partial charge in [-0.15, -0.1) is 0 Å². The number of carbonyl (C=O) groups excluding carboxylic acids is 1. The molecule has 2 N–H and O–H groups in total. The van der Waals surface area contributed by atoms with E-state index in [0.717, 1.165) is 12.8 Å². The van der Waals surface area contributed by atoms with Crippen LogP contribution in [0.25, 0.3) is 0 Å². The van der Waals surface area contributed by atoms with Crippen LogP contribution in [-0.2, 0) is 4.74 Å². The molecule has 0 spiro atoms. The number of aromatic nitrogens is 1. The number of rotatable bonds is 7. The molecule has 0 bridgehead atoms. The van der Waals surface area contributed by atoms with E-state index >= 15 is 0 Å². The van der Waals surface area contributed by atoms with E-state index in [1.165, 1.54) is 18.5 Å². The Labute approximate surface area is 107 Å². The molecule has 0 aliphatic carbocycles. The number of hydrogen-bond donors (Lipinski definition) is 2. The van der Waals surface area contributed by atoms with E-state index in [2.05, 4.69) is 10.3 Å². The van der Waals surface area contributed by atoms with Gasteiger partial charge in [-0.25, -0.2) is 0 Å². The number of nitrogens with one attached hydrogen (secondary N) is 1. The van der Waals surface area contributed by atoms with E-state index in [1.807, 2.05) is 13.8 Å². The SMILES string of the molecule is CC(C)OCCCCNC(=O)c1cncc(O)c1. The number of aromatic hydroxyl groups is 1. The molecule has 0 saturated heterocycles. The highest BCUT2D eigenvalue weighted by Crippen LogP contribution is 2.08. The van der Waals surface area contributed by atoms with Gasteiger partial charge in [-0.2, -0.15) is 0 Å². The van der Waals surface area contributed by atoms with Crippen molar-refractivity contribution >= 4 is 5.91 Å². The van der Waals surface area contributed by atoms with Crippen molar-refractivity contribution in [3.63, 3.8) is 0 Å². The van der Waals surface area contributed by atoms with Crippen molar-refractivity contribution < 1.29 is 14.6 Å². The van der Waals surface area contributed by atoms with Crippen molar-refractivity contribution in [2.75, 3.05) is 13.2 Å². The van der Waals surface area contributed by atoms with E-state index in [-0.39, 0.29) is 17.8 Å². The highest BCUT2D eigenvalue weighted by Gasteiger charge is 2.05. The Hall–Kier alpha value is -1.62. The molecule has 100 valence electrons. The summed E-state index contributed by atoms with van der Waals surface area (Å²) >= 11 is 0. The van der Waals surface area contributed by atoms with Gasteiger partial charge in [0.2, 0.25) is 0 Å². The summed E-state index contributed by atoms with van der Waals surface area (Å²) in [6, 6.07) is 1.39. The zero-order valence-electron chi connectivity index (χ0n) is 10.8. The zero-order chi connectivity index (χ0) is 13.4. The fraction of sp³-hybridized carbons (Fsp3) is 0.538. The normalized spacial score (nSPS) is 10.6. The first-order valence-electron chi connectivity index (χ1n) is 6.13. The largest absolute Gasteiger partial charge is 0.506 e. The molecule has 1 amide bonds. The summed E-state index contributed by atoms with van der Waals surface area (Å²) in [5, 5.41) is 12.0. The minimum atomic E-state index is -0.219. The lowest BCUT2D eigenvalue weighted by Gasteiger charge is -2.08. The molecule has 0 radical (unpaired) electrons.